The molecule has 1 fully saturated rings. The second-order valence-electron chi connectivity index (χ2n) is 6.43. The third-order valence-corrected chi connectivity index (χ3v) is 6.04. The molecule has 0 radical (unpaired) electrons. The molecule has 2 rings (SSSR count). The van der Waals surface area contributed by atoms with Gasteiger partial charge in [0.1, 0.15) is 6.79 Å². The zero-order chi connectivity index (χ0) is 17.0. The van der Waals surface area contributed by atoms with Gasteiger partial charge in [-0.1, -0.05) is 60.4 Å². The predicted molar refractivity (Wildman–Crippen MR) is 97.0 cm³/mol. The van der Waals surface area contributed by atoms with Gasteiger partial charge in [-0.25, -0.2) is 0 Å². The van der Waals surface area contributed by atoms with E-state index in [9.17, 15) is 0 Å². The highest BCUT2D eigenvalue weighted by Crippen LogP contribution is 2.43. The van der Waals surface area contributed by atoms with Crippen molar-refractivity contribution in [1.82, 2.24) is 0 Å². The highest BCUT2D eigenvalue weighted by atomic mass is 79.9. The zero-order valence-electron chi connectivity index (χ0n) is 14.2. The van der Waals surface area contributed by atoms with Crippen molar-refractivity contribution in [1.29, 1.82) is 0 Å². The topological polar surface area (TPSA) is 27.7 Å². The SMILES string of the molecule is COCOCC1O[C@@H](c2ccc(Cl)c(CBr)c2)C(C)[C@@H](C)[C@H]1C. The lowest BCUT2D eigenvalue weighted by atomic mass is 9.75. The lowest BCUT2D eigenvalue weighted by Crippen LogP contribution is -2.43. The van der Waals surface area contributed by atoms with Crippen molar-refractivity contribution in [2.24, 2.45) is 17.8 Å². The van der Waals surface area contributed by atoms with E-state index in [0.29, 0.717) is 31.2 Å². The summed E-state index contributed by atoms with van der Waals surface area (Å²) < 4.78 is 16.9. The summed E-state index contributed by atoms with van der Waals surface area (Å²) in [6.45, 7) is 7.66. The summed E-state index contributed by atoms with van der Waals surface area (Å²) in [5.74, 6) is 1.43. The van der Waals surface area contributed by atoms with Gasteiger partial charge in [0, 0.05) is 17.5 Å². The van der Waals surface area contributed by atoms with Gasteiger partial charge in [-0.3, -0.25) is 0 Å². The minimum Gasteiger partial charge on any atom is -0.367 e. The Labute approximate surface area is 152 Å². The standard InChI is InChI=1S/C18H26BrClO3/c1-11-12(2)17(9-22-10-21-4)23-18(13(11)3)14-5-6-16(20)15(7-14)8-19/h5-7,11-13,17-18H,8-10H2,1-4H3/t11-,12+,13?,17?,18+/m0/s1. The number of hydrogen-bond donors (Lipinski definition) is 0. The van der Waals surface area contributed by atoms with Gasteiger partial charge in [0.2, 0.25) is 0 Å². The molecule has 1 aliphatic heterocycles. The maximum atomic E-state index is 6.41. The molecule has 1 aromatic rings. The number of alkyl halides is 1. The third-order valence-electron chi connectivity index (χ3n) is 5.07. The molecule has 1 aromatic carbocycles. The van der Waals surface area contributed by atoms with Crippen molar-refractivity contribution in [2.45, 2.75) is 38.3 Å². The van der Waals surface area contributed by atoms with Gasteiger partial charge in [0.25, 0.3) is 0 Å². The molecule has 0 amide bonds. The van der Waals surface area contributed by atoms with Crippen LogP contribution in [0.4, 0.5) is 0 Å². The first-order chi connectivity index (χ1) is 11.0. The fourth-order valence-corrected chi connectivity index (χ4v) is 4.03. The van der Waals surface area contributed by atoms with Gasteiger partial charge in [-0.15, -0.1) is 0 Å². The Balaban J connectivity index is 2.19. The molecule has 0 N–H and O–H groups in total. The van der Waals surface area contributed by atoms with Crippen LogP contribution in [0.5, 0.6) is 0 Å². The number of methoxy groups -OCH3 is 1. The molecule has 1 saturated heterocycles. The third kappa shape index (κ3) is 4.49. The molecule has 0 bridgehead atoms. The van der Waals surface area contributed by atoms with Gasteiger partial charge in [-0.05, 0) is 34.9 Å². The second-order valence-corrected chi connectivity index (χ2v) is 7.40. The Morgan fingerprint density at radius 1 is 1.17 bits per heavy atom. The summed E-state index contributed by atoms with van der Waals surface area (Å²) in [4.78, 5) is 0. The maximum Gasteiger partial charge on any atom is 0.146 e. The summed E-state index contributed by atoms with van der Waals surface area (Å²) in [5, 5.41) is 1.53. The molecule has 0 saturated carbocycles. The molecular formula is C18H26BrClO3. The van der Waals surface area contributed by atoms with Crippen molar-refractivity contribution in [3.05, 3.63) is 34.3 Å². The first kappa shape index (κ1) is 19.2. The fraction of sp³-hybridized carbons (Fsp3) is 0.667. The van der Waals surface area contributed by atoms with E-state index < -0.39 is 0 Å². The van der Waals surface area contributed by atoms with Crippen LogP contribution in [0.2, 0.25) is 5.02 Å². The van der Waals surface area contributed by atoms with Gasteiger partial charge in [0.05, 0.1) is 18.8 Å². The lowest BCUT2D eigenvalue weighted by Gasteiger charge is -2.44. The van der Waals surface area contributed by atoms with E-state index in [1.54, 1.807) is 7.11 Å². The number of halogens is 2. The highest BCUT2D eigenvalue weighted by Gasteiger charge is 2.39. The van der Waals surface area contributed by atoms with Crippen molar-refractivity contribution >= 4 is 27.5 Å². The first-order valence-corrected chi connectivity index (χ1v) is 9.56. The summed E-state index contributed by atoms with van der Waals surface area (Å²) in [5.41, 5.74) is 2.28. The number of rotatable bonds is 6. The highest BCUT2D eigenvalue weighted by molar-refractivity contribution is 9.08. The molecule has 130 valence electrons. The Hall–Kier alpha value is -0.130. The van der Waals surface area contributed by atoms with Crippen LogP contribution in [0.1, 0.15) is 38.0 Å². The minimum atomic E-state index is 0.0624. The van der Waals surface area contributed by atoms with Gasteiger partial charge in [-0.2, -0.15) is 0 Å². The lowest BCUT2D eigenvalue weighted by molar-refractivity contribution is -0.171. The largest absolute Gasteiger partial charge is 0.367 e. The van der Waals surface area contributed by atoms with Crippen LogP contribution in [0.15, 0.2) is 18.2 Å². The molecule has 0 spiro atoms. The van der Waals surface area contributed by atoms with Gasteiger partial charge in [0.15, 0.2) is 0 Å². The van der Waals surface area contributed by atoms with Crippen LogP contribution in [0.3, 0.4) is 0 Å². The average Bonchev–Trinajstić information content (AvgIpc) is 2.55. The summed E-state index contributed by atoms with van der Waals surface area (Å²) in [6.07, 6.45) is 0.136. The van der Waals surface area contributed by atoms with E-state index >= 15 is 0 Å². The Bertz CT molecular complexity index is 511. The summed E-state index contributed by atoms with van der Waals surface area (Å²) in [7, 11) is 1.63. The first-order valence-electron chi connectivity index (χ1n) is 8.06. The molecule has 5 heteroatoms. The maximum absolute atomic E-state index is 6.41. The van der Waals surface area contributed by atoms with Crippen LogP contribution in [0.25, 0.3) is 0 Å². The molecule has 1 aliphatic rings. The second kappa shape index (κ2) is 8.82. The fourth-order valence-electron chi connectivity index (χ4n) is 3.22. The predicted octanol–water partition coefficient (Wildman–Crippen LogP) is 5.20. The van der Waals surface area contributed by atoms with Crippen molar-refractivity contribution < 1.29 is 14.2 Å². The van der Waals surface area contributed by atoms with E-state index in [4.69, 9.17) is 25.8 Å². The van der Waals surface area contributed by atoms with E-state index in [-0.39, 0.29) is 12.2 Å². The molecule has 3 nitrogen and oxygen atoms in total. The van der Waals surface area contributed by atoms with Crippen LogP contribution in [0, 0.1) is 17.8 Å². The quantitative estimate of drug-likeness (QED) is 0.370. The van der Waals surface area contributed by atoms with Crippen molar-refractivity contribution in [3.63, 3.8) is 0 Å². The average molecular weight is 406 g/mol. The molecule has 1 heterocycles. The molecule has 0 aromatic heterocycles. The Kier molecular flexibility index (Phi) is 7.36. The van der Waals surface area contributed by atoms with Crippen LogP contribution in [-0.2, 0) is 19.5 Å². The molecule has 5 atom stereocenters. The van der Waals surface area contributed by atoms with Crippen molar-refractivity contribution in [2.75, 3.05) is 20.5 Å². The molecule has 23 heavy (non-hydrogen) atoms. The van der Waals surface area contributed by atoms with Gasteiger partial charge >= 0.3 is 0 Å². The monoisotopic (exact) mass is 404 g/mol. The van der Waals surface area contributed by atoms with E-state index in [1.165, 1.54) is 5.56 Å². The number of ether oxygens (including phenoxy) is 3. The summed E-state index contributed by atoms with van der Waals surface area (Å²) >= 11 is 9.73. The minimum absolute atomic E-state index is 0.0624. The zero-order valence-corrected chi connectivity index (χ0v) is 16.6. The number of benzene rings is 1. The van der Waals surface area contributed by atoms with E-state index in [1.807, 2.05) is 6.07 Å². The van der Waals surface area contributed by atoms with E-state index in [0.717, 1.165) is 15.9 Å². The number of hydrogen-bond acceptors (Lipinski definition) is 3. The normalized spacial score (nSPS) is 31.3. The Morgan fingerprint density at radius 2 is 1.91 bits per heavy atom. The Morgan fingerprint density at radius 3 is 2.57 bits per heavy atom. The van der Waals surface area contributed by atoms with Crippen LogP contribution < -0.4 is 0 Å². The summed E-state index contributed by atoms with van der Waals surface area (Å²) in [6, 6.07) is 6.18. The van der Waals surface area contributed by atoms with Gasteiger partial charge < -0.3 is 14.2 Å². The van der Waals surface area contributed by atoms with Crippen molar-refractivity contribution in [3.8, 4) is 0 Å². The smallest absolute Gasteiger partial charge is 0.146 e. The molecular weight excluding hydrogens is 380 g/mol. The molecule has 2 unspecified atom stereocenters. The van der Waals surface area contributed by atoms with Crippen LogP contribution >= 0.6 is 27.5 Å². The van der Waals surface area contributed by atoms with E-state index in [2.05, 4.69) is 48.8 Å². The molecule has 0 aliphatic carbocycles. The van der Waals surface area contributed by atoms with Crippen LogP contribution in [-0.4, -0.2) is 26.6 Å².